The number of imide groups is 1. The van der Waals surface area contributed by atoms with Gasteiger partial charge < -0.3 is 0 Å². The second kappa shape index (κ2) is 6.78. The van der Waals surface area contributed by atoms with Gasteiger partial charge in [0.25, 0.3) is 11.8 Å². The molecule has 1 heterocycles. The van der Waals surface area contributed by atoms with Crippen molar-refractivity contribution in [1.82, 2.24) is 9.62 Å². The minimum atomic E-state index is -3.61. The standard InChI is InChI=1S/C18H18N2O4S/c1-13-7-8-15-16(11-13)18(22)20(17(15)21)9-10-25(23,24)19-12-14-5-3-2-4-6-14/h2-8,11,19H,9-10,12H2,1H3. The number of fused-ring (bicyclic) bond motifs is 1. The van der Waals surface area contributed by atoms with Gasteiger partial charge in [0.05, 0.1) is 16.9 Å². The summed E-state index contributed by atoms with van der Waals surface area (Å²) in [6, 6.07) is 14.1. The van der Waals surface area contributed by atoms with Gasteiger partial charge in [-0.05, 0) is 24.6 Å². The number of hydrogen-bond donors (Lipinski definition) is 1. The minimum absolute atomic E-state index is 0.171. The second-order valence-electron chi connectivity index (χ2n) is 5.94. The quantitative estimate of drug-likeness (QED) is 0.797. The Hall–Kier alpha value is -2.51. The molecule has 1 aliphatic rings. The van der Waals surface area contributed by atoms with E-state index in [9.17, 15) is 18.0 Å². The zero-order chi connectivity index (χ0) is 18.0. The second-order valence-corrected chi connectivity index (χ2v) is 7.86. The molecule has 0 spiro atoms. The zero-order valence-corrected chi connectivity index (χ0v) is 14.5. The van der Waals surface area contributed by atoms with Crippen LogP contribution in [0.5, 0.6) is 0 Å². The number of nitrogens with one attached hydrogen (secondary N) is 1. The lowest BCUT2D eigenvalue weighted by molar-refractivity contribution is 0.0664. The van der Waals surface area contributed by atoms with Gasteiger partial charge in [0.15, 0.2) is 0 Å². The third-order valence-electron chi connectivity index (χ3n) is 4.05. The van der Waals surface area contributed by atoms with Crippen LogP contribution in [-0.4, -0.2) is 37.4 Å². The fraction of sp³-hybridized carbons (Fsp3) is 0.222. The third kappa shape index (κ3) is 3.78. The van der Waals surface area contributed by atoms with Crippen molar-refractivity contribution in [2.24, 2.45) is 0 Å². The Morgan fingerprint density at radius 3 is 2.36 bits per heavy atom. The first-order chi connectivity index (χ1) is 11.9. The fourth-order valence-electron chi connectivity index (χ4n) is 2.68. The predicted molar refractivity (Wildman–Crippen MR) is 93.6 cm³/mol. The van der Waals surface area contributed by atoms with Gasteiger partial charge in [-0.15, -0.1) is 0 Å². The smallest absolute Gasteiger partial charge is 0.261 e. The van der Waals surface area contributed by atoms with Crippen molar-refractivity contribution in [2.45, 2.75) is 13.5 Å². The van der Waals surface area contributed by atoms with Crippen LogP contribution in [0.3, 0.4) is 0 Å². The molecular weight excluding hydrogens is 340 g/mol. The first kappa shape index (κ1) is 17.3. The Balaban J connectivity index is 1.63. The monoisotopic (exact) mass is 358 g/mol. The lowest BCUT2D eigenvalue weighted by Crippen LogP contribution is -2.37. The molecule has 2 aromatic rings. The maximum atomic E-state index is 12.3. The van der Waals surface area contributed by atoms with Crippen LogP contribution in [0.2, 0.25) is 0 Å². The third-order valence-corrected chi connectivity index (χ3v) is 5.35. The fourth-order valence-corrected chi connectivity index (χ4v) is 3.63. The van der Waals surface area contributed by atoms with E-state index >= 15 is 0 Å². The van der Waals surface area contributed by atoms with Crippen LogP contribution in [0.4, 0.5) is 0 Å². The highest BCUT2D eigenvalue weighted by atomic mass is 32.2. The van der Waals surface area contributed by atoms with Crippen LogP contribution in [0.15, 0.2) is 48.5 Å². The van der Waals surface area contributed by atoms with E-state index in [1.54, 1.807) is 18.2 Å². The molecule has 0 bridgehead atoms. The molecule has 0 radical (unpaired) electrons. The van der Waals surface area contributed by atoms with E-state index < -0.39 is 21.8 Å². The molecule has 0 aromatic heterocycles. The van der Waals surface area contributed by atoms with Crippen molar-refractivity contribution in [3.8, 4) is 0 Å². The van der Waals surface area contributed by atoms with E-state index in [0.717, 1.165) is 16.0 Å². The number of benzene rings is 2. The summed E-state index contributed by atoms with van der Waals surface area (Å²) in [6.45, 7) is 1.83. The molecule has 0 saturated carbocycles. The van der Waals surface area contributed by atoms with E-state index in [0.29, 0.717) is 11.1 Å². The van der Waals surface area contributed by atoms with E-state index in [-0.39, 0.29) is 18.8 Å². The summed E-state index contributed by atoms with van der Waals surface area (Å²) in [4.78, 5) is 25.6. The molecule has 6 nitrogen and oxygen atoms in total. The summed E-state index contributed by atoms with van der Waals surface area (Å²) in [5, 5.41) is 0. The first-order valence-electron chi connectivity index (χ1n) is 7.85. The van der Waals surface area contributed by atoms with Crippen molar-refractivity contribution in [2.75, 3.05) is 12.3 Å². The number of carbonyl (C=O) groups is 2. The van der Waals surface area contributed by atoms with Crippen molar-refractivity contribution in [1.29, 1.82) is 0 Å². The highest BCUT2D eigenvalue weighted by Gasteiger charge is 2.35. The normalized spacial score (nSPS) is 14.0. The van der Waals surface area contributed by atoms with Gasteiger partial charge in [-0.2, -0.15) is 0 Å². The highest BCUT2D eigenvalue weighted by molar-refractivity contribution is 7.89. The molecule has 3 rings (SSSR count). The van der Waals surface area contributed by atoms with Crippen LogP contribution in [0, 0.1) is 6.92 Å². The summed E-state index contributed by atoms with van der Waals surface area (Å²) in [5.41, 5.74) is 2.37. The predicted octanol–water partition coefficient (Wildman–Crippen LogP) is 1.71. The van der Waals surface area contributed by atoms with Crippen molar-refractivity contribution in [3.63, 3.8) is 0 Å². The largest absolute Gasteiger partial charge is 0.273 e. The molecule has 25 heavy (non-hydrogen) atoms. The van der Waals surface area contributed by atoms with Crippen molar-refractivity contribution >= 4 is 21.8 Å². The van der Waals surface area contributed by atoms with Crippen molar-refractivity contribution < 1.29 is 18.0 Å². The molecule has 130 valence electrons. The topological polar surface area (TPSA) is 83.6 Å². The van der Waals surface area contributed by atoms with Crippen molar-refractivity contribution in [3.05, 3.63) is 70.8 Å². The lowest BCUT2D eigenvalue weighted by atomic mass is 10.1. The molecule has 0 atom stereocenters. The van der Waals surface area contributed by atoms with Gasteiger partial charge in [0.2, 0.25) is 10.0 Å². The first-order valence-corrected chi connectivity index (χ1v) is 9.51. The van der Waals surface area contributed by atoms with Gasteiger partial charge in [-0.25, -0.2) is 13.1 Å². The van der Waals surface area contributed by atoms with Gasteiger partial charge in [0, 0.05) is 13.1 Å². The van der Waals surface area contributed by atoms with Gasteiger partial charge in [-0.1, -0.05) is 42.0 Å². The number of hydrogen-bond acceptors (Lipinski definition) is 4. The van der Waals surface area contributed by atoms with Crippen LogP contribution in [0.1, 0.15) is 31.8 Å². The summed E-state index contributed by atoms with van der Waals surface area (Å²) >= 11 is 0. The van der Waals surface area contributed by atoms with Crippen LogP contribution < -0.4 is 4.72 Å². The molecule has 0 fully saturated rings. The summed E-state index contributed by atoms with van der Waals surface area (Å²) < 4.78 is 26.8. The molecule has 1 aliphatic heterocycles. The summed E-state index contributed by atoms with van der Waals surface area (Å²) in [7, 11) is -3.61. The number of sulfonamides is 1. The van der Waals surface area contributed by atoms with Gasteiger partial charge in [-0.3, -0.25) is 14.5 Å². The molecule has 7 heteroatoms. The zero-order valence-electron chi connectivity index (χ0n) is 13.7. The van der Waals surface area contributed by atoms with E-state index in [1.807, 2.05) is 37.3 Å². The van der Waals surface area contributed by atoms with E-state index in [4.69, 9.17) is 0 Å². The Morgan fingerprint density at radius 1 is 0.960 bits per heavy atom. The average molecular weight is 358 g/mol. The maximum absolute atomic E-state index is 12.3. The molecule has 2 amide bonds. The number of aryl methyl sites for hydroxylation is 1. The molecule has 0 aliphatic carbocycles. The Labute approximate surface area is 146 Å². The Kier molecular flexibility index (Phi) is 4.69. The Morgan fingerprint density at radius 2 is 1.64 bits per heavy atom. The number of rotatable bonds is 6. The van der Waals surface area contributed by atoms with Crippen LogP contribution in [-0.2, 0) is 16.6 Å². The molecule has 0 unspecified atom stereocenters. The lowest BCUT2D eigenvalue weighted by Gasteiger charge is -2.14. The van der Waals surface area contributed by atoms with E-state index in [2.05, 4.69) is 4.72 Å². The highest BCUT2D eigenvalue weighted by Crippen LogP contribution is 2.23. The van der Waals surface area contributed by atoms with E-state index in [1.165, 1.54) is 0 Å². The van der Waals surface area contributed by atoms with Crippen LogP contribution >= 0.6 is 0 Å². The number of carbonyl (C=O) groups excluding carboxylic acids is 2. The average Bonchev–Trinajstić information content (AvgIpc) is 2.83. The van der Waals surface area contributed by atoms with Crippen LogP contribution in [0.25, 0.3) is 0 Å². The summed E-state index contributed by atoms with van der Waals surface area (Å²) in [6.07, 6.45) is 0. The van der Waals surface area contributed by atoms with Gasteiger partial charge >= 0.3 is 0 Å². The maximum Gasteiger partial charge on any atom is 0.261 e. The SMILES string of the molecule is Cc1ccc2c(c1)C(=O)N(CCS(=O)(=O)NCc1ccccc1)C2=O. The summed E-state index contributed by atoms with van der Waals surface area (Å²) in [5.74, 6) is -1.22. The molecule has 2 aromatic carbocycles. The number of amides is 2. The molecule has 1 N–H and O–H groups in total. The minimum Gasteiger partial charge on any atom is -0.273 e. The Bertz CT molecular complexity index is 923. The number of nitrogens with zero attached hydrogens (tertiary/aromatic N) is 1. The molecule has 0 saturated heterocycles. The molecular formula is C18H18N2O4S. The van der Waals surface area contributed by atoms with Gasteiger partial charge in [0.1, 0.15) is 0 Å².